The maximum absolute atomic E-state index is 13.5. The first-order valence-corrected chi connectivity index (χ1v) is 8.22. The summed E-state index contributed by atoms with van der Waals surface area (Å²) in [4.78, 5) is 12.5. The largest absolute Gasteiger partial charge is 0.508 e. The molecule has 0 bridgehead atoms. The smallest absolute Gasteiger partial charge is 0.438 e. The molecule has 0 aromatic heterocycles. The summed E-state index contributed by atoms with van der Waals surface area (Å²) in [5.41, 5.74) is -3.31. The second-order valence-electron chi connectivity index (χ2n) is 6.58. The summed E-state index contributed by atoms with van der Waals surface area (Å²) in [6.07, 6.45) is -1.53. The van der Waals surface area contributed by atoms with Crippen LogP contribution in [0.4, 0.5) is 13.2 Å². The van der Waals surface area contributed by atoms with E-state index < -0.39 is 24.2 Å². The second-order valence-corrected chi connectivity index (χ2v) is 6.58. The number of carbonyl (C=O) groups excluding carboxylic acids is 1. The molecular formula is C17H19F3N2O3. The fourth-order valence-electron chi connectivity index (χ4n) is 3.43. The highest BCUT2D eigenvalue weighted by Gasteiger charge is 2.63. The Hall–Kier alpha value is -2.09. The molecule has 0 radical (unpaired) electrons. The van der Waals surface area contributed by atoms with Gasteiger partial charge in [-0.2, -0.15) is 23.3 Å². The Labute approximate surface area is 142 Å². The zero-order chi connectivity index (χ0) is 18.2. The quantitative estimate of drug-likeness (QED) is 0.853. The lowest BCUT2D eigenvalue weighted by atomic mass is 9.83. The fourth-order valence-corrected chi connectivity index (χ4v) is 3.43. The van der Waals surface area contributed by atoms with Gasteiger partial charge in [-0.25, -0.2) is 0 Å². The molecule has 25 heavy (non-hydrogen) atoms. The zero-order valence-corrected chi connectivity index (χ0v) is 13.5. The van der Waals surface area contributed by atoms with Gasteiger partial charge >= 0.3 is 6.18 Å². The van der Waals surface area contributed by atoms with Crippen LogP contribution < -0.4 is 0 Å². The summed E-state index contributed by atoms with van der Waals surface area (Å²) in [7, 11) is 0. The molecule has 1 aromatic carbocycles. The van der Waals surface area contributed by atoms with Gasteiger partial charge in [-0.3, -0.25) is 4.79 Å². The van der Waals surface area contributed by atoms with Crippen LogP contribution in [0.25, 0.3) is 0 Å². The average Bonchev–Trinajstić information content (AvgIpc) is 2.94. The Bertz CT molecular complexity index is 699. The van der Waals surface area contributed by atoms with Gasteiger partial charge in [0.2, 0.25) is 0 Å². The Morgan fingerprint density at radius 3 is 2.52 bits per heavy atom. The van der Waals surface area contributed by atoms with E-state index in [0.29, 0.717) is 12.8 Å². The number of phenolic OH excluding ortho intramolecular Hbond substituents is 1. The van der Waals surface area contributed by atoms with E-state index in [9.17, 15) is 28.2 Å². The number of carbonyl (C=O) groups is 1. The third-order valence-corrected chi connectivity index (χ3v) is 4.82. The summed E-state index contributed by atoms with van der Waals surface area (Å²) in [5.74, 6) is -1.50. The maximum Gasteiger partial charge on any atom is 0.438 e. The lowest BCUT2D eigenvalue weighted by Gasteiger charge is -2.32. The van der Waals surface area contributed by atoms with Crippen molar-refractivity contribution in [2.45, 2.75) is 50.4 Å². The Morgan fingerprint density at radius 1 is 1.24 bits per heavy atom. The van der Waals surface area contributed by atoms with E-state index in [1.54, 1.807) is 0 Å². The minimum atomic E-state index is -5.04. The molecule has 1 heterocycles. The maximum atomic E-state index is 13.5. The van der Waals surface area contributed by atoms with Gasteiger partial charge in [0.05, 0.1) is 0 Å². The van der Waals surface area contributed by atoms with Crippen LogP contribution in [0.15, 0.2) is 29.4 Å². The van der Waals surface area contributed by atoms with E-state index in [2.05, 4.69) is 5.10 Å². The van der Waals surface area contributed by atoms with E-state index >= 15 is 0 Å². The molecule has 3 rings (SSSR count). The van der Waals surface area contributed by atoms with E-state index in [-0.39, 0.29) is 28.0 Å². The van der Waals surface area contributed by atoms with Gasteiger partial charge in [0.25, 0.3) is 11.6 Å². The predicted molar refractivity (Wildman–Crippen MR) is 83.9 cm³/mol. The van der Waals surface area contributed by atoms with E-state index in [0.717, 1.165) is 25.3 Å². The number of hydrazone groups is 1. The fraction of sp³-hybridized carbons (Fsp3) is 0.529. The topological polar surface area (TPSA) is 73.1 Å². The van der Waals surface area contributed by atoms with E-state index in [1.165, 1.54) is 18.2 Å². The molecule has 1 fully saturated rings. The van der Waals surface area contributed by atoms with Crippen LogP contribution in [0.5, 0.6) is 5.75 Å². The molecule has 1 aliphatic heterocycles. The number of halogens is 3. The van der Waals surface area contributed by atoms with Gasteiger partial charge in [0.1, 0.15) is 5.75 Å². The molecule has 0 unspecified atom stereocenters. The van der Waals surface area contributed by atoms with Gasteiger partial charge in [-0.1, -0.05) is 25.3 Å². The van der Waals surface area contributed by atoms with Gasteiger partial charge in [-0.05, 0) is 37.0 Å². The molecule has 1 saturated carbocycles. The zero-order valence-electron chi connectivity index (χ0n) is 13.5. The van der Waals surface area contributed by atoms with Crippen molar-refractivity contribution in [2.75, 3.05) is 0 Å². The minimum Gasteiger partial charge on any atom is -0.508 e. The van der Waals surface area contributed by atoms with Gasteiger partial charge in [0.15, 0.2) is 0 Å². The number of aliphatic hydroxyl groups is 1. The van der Waals surface area contributed by atoms with E-state index in [4.69, 9.17) is 0 Å². The summed E-state index contributed by atoms with van der Waals surface area (Å²) >= 11 is 0. The van der Waals surface area contributed by atoms with Crippen LogP contribution >= 0.6 is 0 Å². The van der Waals surface area contributed by atoms with Crippen LogP contribution in [0.2, 0.25) is 0 Å². The molecule has 0 spiro atoms. The third kappa shape index (κ3) is 3.22. The summed E-state index contributed by atoms with van der Waals surface area (Å²) in [5, 5.41) is 23.8. The van der Waals surface area contributed by atoms with Crippen LogP contribution in [0.3, 0.4) is 0 Å². The highest BCUT2D eigenvalue weighted by molar-refractivity contribution is 5.99. The summed E-state index contributed by atoms with van der Waals surface area (Å²) < 4.78 is 40.6. The Kier molecular flexibility index (Phi) is 4.49. The van der Waals surface area contributed by atoms with Crippen molar-refractivity contribution < 1.29 is 28.2 Å². The standard InChI is InChI=1S/C17H19F3N2O3/c18-17(19,20)16(25)10-14(11-5-2-1-3-6-11)21-22(16)15(24)12-7-4-8-13(23)9-12/h4,7-9,11,23,25H,1-3,5-6,10H2/t16-/m1/s1. The van der Waals surface area contributed by atoms with Crippen molar-refractivity contribution >= 4 is 11.6 Å². The third-order valence-electron chi connectivity index (χ3n) is 4.82. The molecular weight excluding hydrogens is 337 g/mol. The number of benzene rings is 1. The van der Waals surface area contributed by atoms with Crippen LogP contribution in [-0.2, 0) is 0 Å². The lowest BCUT2D eigenvalue weighted by molar-refractivity contribution is -0.297. The number of phenols is 1. The van der Waals surface area contributed by atoms with Crippen LogP contribution in [-0.4, -0.2) is 38.7 Å². The first kappa shape index (κ1) is 17.7. The van der Waals surface area contributed by atoms with Crippen molar-refractivity contribution in [3.8, 4) is 5.75 Å². The molecule has 2 aliphatic rings. The van der Waals surface area contributed by atoms with E-state index in [1.807, 2.05) is 0 Å². The van der Waals surface area contributed by atoms with Gasteiger partial charge in [-0.15, -0.1) is 0 Å². The number of hydrogen-bond donors (Lipinski definition) is 2. The van der Waals surface area contributed by atoms with Gasteiger partial charge < -0.3 is 10.2 Å². The number of amides is 1. The minimum absolute atomic E-state index is 0.131. The van der Waals surface area contributed by atoms with Crippen molar-refractivity contribution in [3.63, 3.8) is 0 Å². The number of nitrogens with zero attached hydrogens (tertiary/aromatic N) is 2. The first-order chi connectivity index (χ1) is 11.7. The van der Waals surface area contributed by atoms with Crippen molar-refractivity contribution in [1.29, 1.82) is 0 Å². The molecule has 5 nitrogen and oxygen atoms in total. The van der Waals surface area contributed by atoms with Crippen LogP contribution in [0.1, 0.15) is 48.9 Å². The Balaban J connectivity index is 1.96. The first-order valence-electron chi connectivity index (χ1n) is 8.22. The number of alkyl halides is 3. The Morgan fingerprint density at radius 2 is 1.92 bits per heavy atom. The number of rotatable bonds is 2. The SMILES string of the molecule is O=C(c1cccc(O)c1)N1N=C(C2CCCCC2)C[C@@]1(O)C(F)(F)F. The molecule has 136 valence electrons. The van der Waals surface area contributed by atoms with Crippen LogP contribution in [0, 0.1) is 5.92 Å². The molecule has 1 aromatic rings. The number of aromatic hydroxyl groups is 1. The van der Waals surface area contributed by atoms with Crippen molar-refractivity contribution in [3.05, 3.63) is 29.8 Å². The lowest BCUT2D eigenvalue weighted by Crippen LogP contribution is -2.56. The summed E-state index contributed by atoms with van der Waals surface area (Å²) in [6.45, 7) is 0. The van der Waals surface area contributed by atoms with Crippen molar-refractivity contribution in [1.82, 2.24) is 5.01 Å². The molecule has 1 atom stereocenters. The highest BCUT2D eigenvalue weighted by Crippen LogP contribution is 2.43. The van der Waals surface area contributed by atoms with Crippen molar-refractivity contribution in [2.24, 2.45) is 11.0 Å². The highest BCUT2D eigenvalue weighted by atomic mass is 19.4. The summed E-state index contributed by atoms with van der Waals surface area (Å²) in [6, 6.07) is 4.96. The molecule has 2 N–H and O–H groups in total. The second kappa shape index (κ2) is 6.33. The molecule has 0 saturated heterocycles. The molecule has 8 heteroatoms. The normalized spacial score (nSPS) is 25.1. The average molecular weight is 356 g/mol. The van der Waals surface area contributed by atoms with Gasteiger partial charge in [0, 0.05) is 17.7 Å². The monoisotopic (exact) mass is 356 g/mol. The molecule has 1 aliphatic carbocycles. The number of hydrogen-bond acceptors (Lipinski definition) is 4. The molecule has 1 amide bonds. The predicted octanol–water partition coefficient (Wildman–Crippen LogP) is 3.43.